The van der Waals surface area contributed by atoms with Crippen LogP contribution in [0.15, 0.2) is 121 Å². The number of hydrogen-bond donors (Lipinski definition) is 0. The molecule has 2 atom stereocenters. The minimum Gasteiger partial charge on any atom is -0.0496 e. The van der Waals surface area contributed by atoms with Crippen molar-refractivity contribution in [2.24, 2.45) is 0 Å². The smallest absolute Gasteiger partial charge is 0.0496 e. The van der Waals surface area contributed by atoms with Crippen LogP contribution in [0.5, 0.6) is 11.5 Å². The van der Waals surface area contributed by atoms with Crippen LogP contribution >= 0.6 is 0 Å². The normalized spacial score (nSPS) is 16.5. The van der Waals surface area contributed by atoms with E-state index < -0.39 is 18.4 Å². The van der Waals surface area contributed by atoms with Crippen LogP contribution in [0.1, 0.15) is 247 Å². The molecule has 9 rings (SSSR count). The summed E-state index contributed by atoms with van der Waals surface area (Å²) in [5.41, 5.74) is 20.2. The minimum atomic E-state index is -0.960. The number of aryl methyl sites for hydroxylation is 2. The van der Waals surface area contributed by atoms with Crippen molar-refractivity contribution < 1.29 is 34.9 Å². The average Bonchev–Trinajstić information content (AvgIpc) is 2.93. The summed E-state index contributed by atoms with van der Waals surface area (Å²) < 4.78 is 24.7. The molecule has 5 heteroatoms. The van der Waals surface area contributed by atoms with Crippen LogP contribution in [-0.2, 0) is 36.3 Å². The zero-order valence-corrected chi connectivity index (χ0v) is 54.0. The van der Waals surface area contributed by atoms with Gasteiger partial charge in [-0.15, -0.1) is 0 Å². The van der Waals surface area contributed by atoms with Gasteiger partial charge in [0, 0.05) is 5.41 Å². The Labute approximate surface area is 506 Å². The third kappa shape index (κ3) is 15.7. The van der Waals surface area contributed by atoms with Crippen LogP contribution in [0.25, 0.3) is 44.5 Å². The van der Waals surface area contributed by atoms with Crippen LogP contribution in [0.2, 0.25) is 0 Å². The topological polar surface area (TPSA) is 36.9 Å². The monoisotopic (exact) mass is 1280 g/mol. The Morgan fingerprint density at radius 2 is 0.659 bits per heavy atom. The first-order valence-electron chi connectivity index (χ1n) is 33.2. The number of rotatable bonds is 36. The molecule has 1 saturated heterocycles. The standard InChI is InChI=1S/C77H102O4.Ir/c1-7-11-15-19-23-27-47-76(48-28-24-20-16-12-8-2)72-51-59(6)33-43-68(72)69-45-37-62(53-74(69)76)63-38-46-71-70-44-36-61(52-73(70)77(75(71)54-63,49-29-25-21-17-13-9-3)50-30-26-22-18-14-10-4)60-34-41-67(42-35-60)81-57-65(79)55-64(78)56-80-66-39-31-58(5)32-40-66;/h31-46,51-54,64-65H,7-30,47-50,55-57H2,1-6H3;/q-2;+2. The number of hydrogen-bond acceptors (Lipinski definition) is 4. The molecule has 443 valence electrons. The molecule has 3 aliphatic rings. The van der Waals surface area contributed by atoms with Gasteiger partial charge in [0.05, 0.1) is 0 Å². The third-order valence-electron chi connectivity index (χ3n) is 18.9. The van der Waals surface area contributed by atoms with E-state index in [0.29, 0.717) is 13.2 Å². The Hall–Kier alpha value is -4.51. The Bertz CT molecular complexity index is 2850. The summed E-state index contributed by atoms with van der Waals surface area (Å²) in [6.07, 6.45) is 37.4. The molecule has 6 aromatic carbocycles. The summed E-state index contributed by atoms with van der Waals surface area (Å²) in [6, 6.07) is 47.5. The van der Waals surface area contributed by atoms with E-state index in [1.807, 2.05) is 12.1 Å². The molecule has 0 radical (unpaired) electrons. The molecular formula is C77H102IrO4. The molecule has 1 heterocycles. The molecule has 0 spiro atoms. The second-order valence-corrected chi connectivity index (χ2v) is 26.7. The van der Waals surface area contributed by atoms with Gasteiger partial charge in [0.1, 0.15) is 0 Å². The van der Waals surface area contributed by atoms with Gasteiger partial charge in [0.2, 0.25) is 0 Å². The summed E-state index contributed by atoms with van der Waals surface area (Å²) in [4.78, 5) is 0. The third-order valence-corrected chi connectivity index (χ3v) is 21.0. The Kier molecular flexibility index (Phi) is 23.9. The molecule has 0 N–H and O–H groups in total. The van der Waals surface area contributed by atoms with Crippen molar-refractivity contribution in [3.05, 3.63) is 155 Å². The molecule has 0 amide bonds. The molecule has 0 bridgehead atoms. The van der Waals surface area contributed by atoms with E-state index in [0.717, 1.165) is 17.9 Å². The van der Waals surface area contributed by atoms with Gasteiger partial charge in [-0.2, -0.15) is 0 Å². The van der Waals surface area contributed by atoms with E-state index >= 15 is 0 Å². The minimum absolute atomic E-state index is 0.00663. The molecule has 4 nitrogen and oxygen atoms in total. The van der Waals surface area contributed by atoms with Crippen molar-refractivity contribution in [1.29, 1.82) is 0 Å². The van der Waals surface area contributed by atoms with Crippen molar-refractivity contribution >= 4 is 0 Å². The Morgan fingerprint density at radius 1 is 0.354 bits per heavy atom. The van der Waals surface area contributed by atoms with Crippen LogP contribution in [-0.4, -0.2) is 25.4 Å². The van der Waals surface area contributed by atoms with Crippen molar-refractivity contribution in [3.8, 4) is 56.0 Å². The quantitative estimate of drug-likeness (QED) is 0.0367. The van der Waals surface area contributed by atoms with E-state index in [-0.39, 0.29) is 23.0 Å². The summed E-state index contributed by atoms with van der Waals surface area (Å²) in [6.45, 7) is 14.8. The molecule has 1 fully saturated rings. The molecule has 82 heavy (non-hydrogen) atoms. The fourth-order valence-electron chi connectivity index (χ4n) is 14.2. The molecule has 2 unspecified atom stereocenters. The first-order valence-corrected chi connectivity index (χ1v) is 35.2. The van der Waals surface area contributed by atoms with Gasteiger partial charge in [-0.25, -0.2) is 0 Å². The first kappa shape index (κ1) is 62.0. The van der Waals surface area contributed by atoms with Gasteiger partial charge in [0.25, 0.3) is 0 Å². The molecule has 2 aliphatic carbocycles. The first-order chi connectivity index (χ1) is 40.3. The van der Waals surface area contributed by atoms with E-state index in [1.165, 1.54) is 235 Å². The number of fused-ring (bicyclic) bond motifs is 6. The van der Waals surface area contributed by atoms with Crippen molar-refractivity contribution in [2.45, 2.75) is 251 Å². The summed E-state index contributed by atoms with van der Waals surface area (Å²) in [5, 5.41) is 0. The van der Waals surface area contributed by atoms with Crippen LogP contribution in [0.3, 0.4) is 0 Å². The Morgan fingerprint density at radius 3 is 1.05 bits per heavy atom. The summed E-state index contributed by atoms with van der Waals surface area (Å²) >= 11 is -0.960. The number of unbranched alkanes of at least 4 members (excludes halogenated alkanes) is 20. The van der Waals surface area contributed by atoms with Gasteiger partial charge >= 0.3 is 185 Å². The SMILES string of the molecule is CCCCCCCCC1(CCCCCCCC)c2cc(C)ccc2-c2ccc(-c3ccc4c(c3)C(CCCCCCCC)(CCCCCCCC)c3cc(-c5ccc(OCC6CC(COc7ccc(C)cc7)[O][Ir][O]6)cc5)ccc3-4)cc21. The van der Waals surface area contributed by atoms with Crippen LogP contribution < -0.4 is 9.47 Å². The van der Waals surface area contributed by atoms with Gasteiger partial charge in [0.15, 0.2) is 0 Å². The average molecular weight is 1280 g/mol. The van der Waals surface area contributed by atoms with Crippen molar-refractivity contribution in [3.63, 3.8) is 0 Å². The molecule has 6 aromatic rings. The van der Waals surface area contributed by atoms with Gasteiger partial charge < -0.3 is 0 Å². The molecule has 0 aromatic heterocycles. The van der Waals surface area contributed by atoms with Crippen molar-refractivity contribution in [2.75, 3.05) is 13.2 Å². The predicted molar refractivity (Wildman–Crippen MR) is 343 cm³/mol. The van der Waals surface area contributed by atoms with Crippen LogP contribution in [0, 0.1) is 13.8 Å². The zero-order chi connectivity index (χ0) is 57.0. The molecule has 1 aliphatic heterocycles. The van der Waals surface area contributed by atoms with E-state index in [2.05, 4.69) is 151 Å². The molecular weight excluding hydrogens is 1180 g/mol. The van der Waals surface area contributed by atoms with Crippen LogP contribution in [0.4, 0.5) is 0 Å². The number of ether oxygens (including phenoxy) is 2. The van der Waals surface area contributed by atoms with Crippen molar-refractivity contribution in [1.82, 2.24) is 0 Å². The van der Waals surface area contributed by atoms with E-state index in [9.17, 15) is 0 Å². The Balaban J connectivity index is 1.02. The summed E-state index contributed by atoms with van der Waals surface area (Å²) in [5.74, 6) is 1.75. The fraction of sp³-hybridized carbons (Fsp3) is 0.532. The van der Waals surface area contributed by atoms with E-state index in [1.54, 1.807) is 22.3 Å². The maximum absolute atomic E-state index is 6.44. The summed E-state index contributed by atoms with van der Waals surface area (Å²) in [7, 11) is 0. The van der Waals surface area contributed by atoms with E-state index in [4.69, 9.17) is 16.5 Å². The zero-order valence-electron chi connectivity index (χ0n) is 51.6. The second kappa shape index (κ2) is 31.6. The molecule has 0 saturated carbocycles. The maximum atomic E-state index is 6.44. The van der Waals surface area contributed by atoms with Gasteiger partial charge in [-0.1, -0.05) is 230 Å². The number of benzene rings is 6. The second-order valence-electron chi connectivity index (χ2n) is 25.2. The fourth-order valence-corrected chi connectivity index (χ4v) is 15.8. The van der Waals surface area contributed by atoms with Gasteiger partial charge in [-0.3, -0.25) is 0 Å². The van der Waals surface area contributed by atoms with Gasteiger partial charge in [-0.05, 0) is 89.2 Å². The predicted octanol–water partition coefficient (Wildman–Crippen LogP) is 22.7.